The number of aliphatic hydroxyl groups is 1. The zero-order valence-corrected chi connectivity index (χ0v) is 11.3. The molecular formula is C14H25NO2. The first-order valence-electron chi connectivity index (χ1n) is 7.02. The highest BCUT2D eigenvalue weighted by atomic mass is 16.6. The van der Waals surface area contributed by atoms with Gasteiger partial charge in [-0.25, -0.2) is 0 Å². The van der Waals surface area contributed by atoms with Crippen molar-refractivity contribution >= 4 is 0 Å². The van der Waals surface area contributed by atoms with Crippen LogP contribution in [0.4, 0.5) is 0 Å². The Morgan fingerprint density at radius 3 is 2.53 bits per heavy atom. The average Bonchev–Trinajstić information content (AvgIpc) is 3.10. The zero-order valence-electron chi connectivity index (χ0n) is 11.3. The lowest BCUT2D eigenvalue weighted by Gasteiger charge is -2.58. The van der Waals surface area contributed by atoms with E-state index in [1.807, 2.05) is 0 Å². The molecule has 17 heavy (non-hydrogen) atoms. The van der Waals surface area contributed by atoms with Crippen LogP contribution in [-0.2, 0) is 4.74 Å². The fraction of sp³-hybridized carbons (Fsp3) is 1.00. The number of likely N-dealkylation sites (tertiary alicyclic amines) is 1. The number of epoxide rings is 1. The van der Waals surface area contributed by atoms with Gasteiger partial charge in [0.05, 0.1) is 12.2 Å². The van der Waals surface area contributed by atoms with Crippen molar-refractivity contribution in [1.82, 2.24) is 4.90 Å². The second-order valence-corrected chi connectivity index (χ2v) is 6.87. The summed E-state index contributed by atoms with van der Waals surface area (Å²) in [5.41, 5.74) is -0.486. The third-order valence-corrected chi connectivity index (χ3v) is 5.43. The van der Waals surface area contributed by atoms with Crippen molar-refractivity contribution in [3.8, 4) is 0 Å². The Morgan fingerprint density at radius 2 is 1.88 bits per heavy atom. The van der Waals surface area contributed by atoms with Gasteiger partial charge in [0.1, 0.15) is 6.10 Å². The van der Waals surface area contributed by atoms with Gasteiger partial charge in [-0.1, -0.05) is 12.8 Å². The summed E-state index contributed by atoms with van der Waals surface area (Å²) in [6, 6.07) is 0.543. The van der Waals surface area contributed by atoms with Crippen molar-refractivity contribution in [3.05, 3.63) is 0 Å². The molecule has 3 rings (SSSR count). The molecule has 98 valence electrons. The van der Waals surface area contributed by atoms with Crippen LogP contribution < -0.4 is 0 Å². The summed E-state index contributed by atoms with van der Waals surface area (Å²) in [6.07, 6.45) is 5.94. The first-order chi connectivity index (χ1) is 7.95. The Hall–Kier alpha value is -0.120. The second kappa shape index (κ2) is 3.69. The molecule has 0 radical (unpaired) electrons. The molecule has 0 bridgehead atoms. The van der Waals surface area contributed by atoms with Crippen molar-refractivity contribution in [2.45, 2.75) is 69.2 Å². The lowest BCUT2D eigenvalue weighted by atomic mass is 9.63. The van der Waals surface area contributed by atoms with Gasteiger partial charge in [-0.05, 0) is 40.2 Å². The monoisotopic (exact) mass is 239 g/mol. The van der Waals surface area contributed by atoms with Crippen LogP contribution in [0.25, 0.3) is 0 Å². The molecule has 2 aliphatic heterocycles. The molecule has 3 nitrogen and oxygen atoms in total. The van der Waals surface area contributed by atoms with Gasteiger partial charge in [0, 0.05) is 17.5 Å². The van der Waals surface area contributed by atoms with Gasteiger partial charge < -0.3 is 9.84 Å². The van der Waals surface area contributed by atoms with Crippen molar-refractivity contribution < 1.29 is 9.84 Å². The van der Waals surface area contributed by atoms with Crippen LogP contribution >= 0.6 is 0 Å². The summed E-state index contributed by atoms with van der Waals surface area (Å²) in [4.78, 5) is 2.51. The van der Waals surface area contributed by atoms with Gasteiger partial charge >= 0.3 is 0 Å². The molecular weight excluding hydrogens is 214 g/mol. The first kappa shape index (κ1) is 11.9. The third-order valence-electron chi connectivity index (χ3n) is 5.43. The van der Waals surface area contributed by atoms with Crippen LogP contribution in [-0.4, -0.2) is 46.9 Å². The smallest absolute Gasteiger partial charge is 0.110 e. The summed E-state index contributed by atoms with van der Waals surface area (Å²) in [6.45, 7) is 5.27. The van der Waals surface area contributed by atoms with Gasteiger partial charge in [0.15, 0.2) is 0 Å². The molecule has 2 saturated heterocycles. The topological polar surface area (TPSA) is 36.0 Å². The minimum absolute atomic E-state index is 0.0825. The highest BCUT2D eigenvalue weighted by Crippen LogP contribution is 2.50. The van der Waals surface area contributed by atoms with Crippen molar-refractivity contribution in [2.75, 3.05) is 13.7 Å². The molecule has 1 saturated carbocycles. The van der Waals surface area contributed by atoms with Crippen LogP contribution in [0.3, 0.4) is 0 Å². The van der Waals surface area contributed by atoms with E-state index >= 15 is 0 Å². The molecule has 3 fully saturated rings. The maximum atomic E-state index is 11.1. The highest BCUT2D eigenvalue weighted by molar-refractivity contribution is 5.12. The van der Waals surface area contributed by atoms with E-state index in [4.69, 9.17) is 4.74 Å². The van der Waals surface area contributed by atoms with Crippen LogP contribution in [0, 0.1) is 5.92 Å². The van der Waals surface area contributed by atoms with E-state index in [2.05, 4.69) is 25.8 Å². The minimum Gasteiger partial charge on any atom is -0.387 e. The average molecular weight is 239 g/mol. The largest absolute Gasteiger partial charge is 0.387 e. The molecule has 4 atom stereocenters. The van der Waals surface area contributed by atoms with E-state index in [1.165, 1.54) is 25.7 Å². The van der Waals surface area contributed by atoms with Crippen molar-refractivity contribution in [1.29, 1.82) is 0 Å². The maximum absolute atomic E-state index is 11.1. The normalized spacial score (nSPS) is 49.8. The summed E-state index contributed by atoms with van der Waals surface area (Å²) >= 11 is 0. The van der Waals surface area contributed by atoms with Crippen LogP contribution in [0.2, 0.25) is 0 Å². The van der Waals surface area contributed by atoms with Gasteiger partial charge in [-0.3, -0.25) is 4.90 Å². The molecule has 0 aromatic carbocycles. The summed E-state index contributed by atoms with van der Waals surface area (Å²) in [7, 11) is 2.23. The van der Waals surface area contributed by atoms with E-state index in [0.717, 1.165) is 13.0 Å². The predicted molar refractivity (Wildman–Crippen MR) is 66.9 cm³/mol. The fourth-order valence-corrected chi connectivity index (χ4v) is 4.24. The number of nitrogens with zero attached hydrogens (tertiary/aromatic N) is 1. The lowest BCUT2D eigenvalue weighted by molar-refractivity contribution is -0.163. The Labute approximate surface area is 104 Å². The number of rotatable bonds is 1. The molecule has 1 N–H and O–H groups in total. The van der Waals surface area contributed by atoms with Crippen molar-refractivity contribution in [3.63, 3.8) is 0 Å². The summed E-state index contributed by atoms with van der Waals surface area (Å²) in [5, 5.41) is 11.1. The van der Waals surface area contributed by atoms with Crippen LogP contribution in [0.15, 0.2) is 0 Å². The van der Waals surface area contributed by atoms with E-state index in [9.17, 15) is 5.11 Å². The first-order valence-corrected chi connectivity index (χ1v) is 7.02. The Kier molecular flexibility index (Phi) is 2.59. The minimum atomic E-state index is -0.568. The molecule has 2 unspecified atom stereocenters. The van der Waals surface area contributed by atoms with E-state index < -0.39 is 5.60 Å². The van der Waals surface area contributed by atoms with Gasteiger partial charge in [0.25, 0.3) is 0 Å². The number of fused-ring (bicyclic) bond motifs is 1. The standard InChI is InChI=1S/C14H25NO2/c1-13(2)9-14(16,12-8-17-12)10-6-4-5-7-11(10)15(13)3/h10-12,16H,4-9H2,1-3H3/t10-,11-,12?,14?/m0/s1. The Balaban J connectivity index is 1.93. The third kappa shape index (κ3) is 1.74. The summed E-state index contributed by atoms with van der Waals surface area (Å²) < 4.78 is 5.46. The van der Waals surface area contributed by atoms with E-state index in [-0.39, 0.29) is 11.6 Å². The molecule has 0 amide bonds. The van der Waals surface area contributed by atoms with E-state index in [1.54, 1.807) is 0 Å². The van der Waals surface area contributed by atoms with Gasteiger partial charge in [-0.15, -0.1) is 0 Å². The number of piperidine rings is 1. The predicted octanol–water partition coefficient (Wildman–Crippen LogP) is 1.79. The molecule has 3 heteroatoms. The molecule has 3 aliphatic rings. The number of hydrogen-bond donors (Lipinski definition) is 1. The maximum Gasteiger partial charge on any atom is 0.110 e. The molecule has 0 aromatic rings. The lowest BCUT2D eigenvalue weighted by Crippen LogP contribution is -2.67. The second-order valence-electron chi connectivity index (χ2n) is 6.87. The summed E-state index contributed by atoms with van der Waals surface area (Å²) in [5.74, 6) is 0.418. The Bertz CT molecular complexity index is 313. The fourth-order valence-electron chi connectivity index (χ4n) is 4.24. The molecule has 2 heterocycles. The number of hydrogen-bond acceptors (Lipinski definition) is 3. The van der Waals surface area contributed by atoms with Crippen LogP contribution in [0.5, 0.6) is 0 Å². The van der Waals surface area contributed by atoms with Crippen LogP contribution in [0.1, 0.15) is 46.0 Å². The quantitative estimate of drug-likeness (QED) is 0.709. The van der Waals surface area contributed by atoms with E-state index in [0.29, 0.717) is 12.0 Å². The molecule has 0 spiro atoms. The van der Waals surface area contributed by atoms with Crippen molar-refractivity contribution in [2.24, 2.45) is 5.92 Å². The zero-order chi connectivity index (χ0) is 12.3. The van der Waals surface area contributed by atoms with Gasteiger partial charge in [-0.2, -0.15) is 0 Å². The SMILES string of the molecule is CN1[C@H]2CCCC[C@@H]2C(O)(C2CO2)CC1(C)C. The Morgan fingerprint density at radius 1 is 1.24 bits per heavy atom. The number of ether oxygens (including phenoxy) is 1. The highest BCUT2D eigenvalue weighted by Gasteiger charge is 2.60. The van der Waals surface area contributed by atoms with Gasteiger partial charge in [0.2, 0.25) is 0 Å². The molecule has 0 aromatic heterocycles. The molecule has 1 aliphatic carbocycles.